The van der Waals surface area contributed by atoms with E-state index >= 15 is 0 Å². The summed E-state index contributed by atoms with van der Waals surface area (Å²) in [6.45, 7) is 3.05. The molecule has 0 aliphatic heterocycles. The van der Waals surface area contributed by atoms with Gasteiger partial charge in [0.15, 0.2) is 5.96 Å². The number of amides is 1. The Balaban J connectivity index is 2.44. The Bertz CT molecular complexity index is 1170. The number of rotatable bonds is 11. The lowest BCUT2D eigenvalue weighted by Crippen LogP contribution is -2.42. The lowest BCUT2D eigenvalue weighted by Gasteiger charge is -2.29. The van der Waals surface area contributed by atoms with Gasteiger partial charge >= 0.3 is 0 Å². The summed E-state index contributed by atoms with van der Waals surface area (Å²) >= 11 is 0. The third-order valence-corrected chi connectivity index (χ3v) is 5.87. The van der Waals surface area contributed by atoms with Crippen LogP contribution in [0, 0.1) is 6.92 Å². The number of sulfonamides is 1. The van der Waals surface area contributed by atoms with E-state index in [1.54, 1.807) is 37.3 Å². The largest absolute Gasteiger partial charge is 0.370 e. The minimum Gasteiger partial charge on any atom is -0.370 e. The van der Waals surface area contributed by atoms with E-state index < -0.39 is 27.5 Å². The number of pyridine rings is 1. The van der Waals surface area contributed by atoms with Gasteiger partial charge in [-0.15, -0.1) is 0 Å². The Labute approximate surface area is 191 Å². The highest BCUT2D eigenvalue weighted by Gasteiger charge is 2.28. The summed E-state index contributed by atoms with van der Waals surface area (Å²) in [7, 11) is -4.01. The Hall–Kier alpha value is -3.67. The van der Waals surface area contributed by atoms with Crippen LogP contribution in [0.5, 0.6) is 0 Å². The fourth-order valence-corrected chi connectivity index (χ4v) is 4.51. The molecule has 0 fully saturated rings. The van der Waals surface area contributed by atoms with Crippen molar-refractivity contribution in [1.82, 2.24) is 4.98 Å². The first-order valence-corrected chi connectivity index (χ1v) is 11.8. The first-order valence-electron chi connectivity index (χ1n) is 10.1. The molecule has 1 heterocycles. The summed E-state index contributed by atoms with van der Waals surface area (Å²) in [4.78, 5) is 44.6. The summed E-state index contributed by atoms with van der Waals surface area (Å²) < 4.78 is 27.9. The number of carbonyl (C=O) groups excluding carboxylic acids is 2. The Morgan fingerprint density at radius 3 is 2.52 bits per heavy atom. The highest BCUT2D eigenvalue weighted by atomic mass is 32.2. The van der Waals surface area contributed by atoms with Crippen LogP contribution in [0.4, 0.5) is 11.4 Å². The van der Waals surface area contributed by atoms with Crippen molar-refractivity contribution in [1.29, 1.82) is 0 Å². The molecule has 1 atom stereocenters. The molecule has 2 aromatic rings. The predicted molar refractivity (Wildman–Crippen MR) is 127 cm³/mol. The highest BCUT2D eigenvalue weighted by Crippen LogP contribution is 2.27. The van der Waals surface area contributed by atoms with Crippen LogP contribution in [0.15, 0.2) is 46.2 Å². The lowest BCUT2D eigenvalue weighted by molar-refractivity contribution is -0.119. The number of benzene rings is 1. The molecule has 1 amide bonds. The van der Waals surface area contributed by atoms with E-state index in [0.29, 0.717) is 24.0 Å². The summed E-state index contributed by atoms with van der Waals surface area (Å²) in [6.07, 6.45) is 1.14. The van der Waals surface area contributed by atoms with Crippen molar-refractivity contribution in [2.45, 2.75) is 38.5 Å². The van der Waals surface area contributed by atoms with Crippen LogP contribution in [0.25, 0.3) is 0 Å². The maximum atomic E-state index is 12.8. The second kappa shape index (κ2) is 11.3. The number of hydrogen-bond acceptors (Lipinski definition) is 6. The molecule has 0 radical (unpaired) electrons. The zero-order valence-electron chi connectivity index (χ0n) is 18.4. The Kier molecular flexibility index (Phi) is 8.74. The van der Waals surface area contributed by atoms with Gasteiger partial charge in [-0.1, -0.05) is 30.3 Å². The van der Waals surface area contributed by atoms with E-state index in [1.807, 2.05) is 0 Å². The number of anilines is 2. The molecule has 6 N–H and O–H groups in total. The second-order valence-corrected chi connectivity index (χ2v) is 9.15. The van der Waals surface area contributed by atoms with Crippen molar-refractivity contribution in [2.24, 2.45) is 16.5 Å². The van der Waals surface area contributed by atoms with Gasteiger partial charge in [0.2, 0.25) is 15.9 Å². The fraction of sp³-hybridized carbons (Fsp3) is 0.333. The number of H-pyrrole nitrogens is 1. The summed E-state index contributed by atoms with van der Waals surface area (Å²) in [5.41, 5.74) is 10.4. The van der Waals surface area contributed by atoms with Gasteiger partial charge in [0.1, 0.15) is 12.0 Å². The number of aromatic nitrogens is 1. The number of aromatic amines is 1. The molecule has 1 aromatic heterocycles. The lowest BCUT2D eigenvalue weighted by atomic mass is 10.1. The molecular formula is C21H28N6O5S. The number of guanidine groups is 1. The molecule has 0 spiro atoms. The number of aryl methyl sites for hydroxylation is 1. The third-order valence-electron chi connectivity index (χ3n) is 4.64. The average Bonchev–Trinajstić information content (AvgIpc) is 2.72. The fourth-order valence-electron chi connectivity index (χ4n) is 3.29. The van der Waals surface area contributed by atoms with Gasteiger partial charge in [-0.3, -0.25) is 19.3 Å². The van der Waals surface area contributed by atoms with Crippen LogP contribution in [-0.2, 0) is 25.4 Å². The van der Waals surface area contributed by atoms with Crippen LogP contribution in [0.1, 0.15) is 31.0 Å². The minimum absolute atomic E-state index is 0.0145. The molecule has 0 saturated carbocycles. The monoisotopic (exact) mass is 476 g/mol. The van der Waals surface area contributed by atoms with Gasteiger partial charge in [-0.05, 0) is 31.4 Å². The number of nitrogens with one attached hydrogen (secondary N) is 2. The molecule has 12 heteroatoms. The van der Waals surface area contributed by atoms with Crippen molar-refractivity contribution < 1.29 is 18.0 Å². The van der Waals surface area contributed by atoms with Gasteiger partial charge in [-0.2, -0.15) is 0 Å². The van der Waals surface area contributed by atoms with E-state index in [4.69, 9.17) is 11.5 Å². The van der Waals surface area contributed by atoms with Gasteiger partial charge in [0.25, 0.3) is 5.56 Å². The minimum atomic E-state index is -4.01. The van der Waals surface area contributed by atoms with Gasteiger partial charge in [0, 0.05) is 19.2 Å². The van der Waals surface area contributed by atoms with E-state index in [9.17, 15) is 22.8 Å². The summed E-state index contributed by atoms with van der Waals surface area (Å²) in [5.74, 6) is -1.01. The van der Waals surface area contributed by atoms with Crippen molar-refractivity contribution in [2.75, 3.05) is 16.2 Å². The predicted octanol–water partition coefficient (Wildman–Crippen LogP) is 0.599. The molecular weight excluding hydrogens is 448 g/mol. The maximum absolute atomic E-state index is 12.8. The quantitative estimate of drug-likeness (QED) is 0.158. The Morgan fingerprint density at radius 2 is 1.94 bits per heavy atom. The zero-order chi connectivity index (χ0) is 24.6. The van der Waals surface area contributed by atoms with Crippen molar-refractivity contribution >= 4 is 39.6 Å². The van der Waals surface area contributed by atoms with Gasteiger partial charge in [-0.25, -0.2) is 8.42 Å². The SMILES string of the molecule is CC(=O)N(c1cc(C)[nH]c(=O)c1NS(=O)(=O)Cc1ccccc1)[C@H](C=O)CCCN=C(N)N. The molecule has 33 heavy (non-hydrogen) atoms. The van der Waals surface area contributed by atoms with Crippen molar-refractivity contribution in [3.8, 4) is 0 Å². The molecule has 0 bridgehead atoms. The molecule has 0 saturated heterocycles. The molecule has 1 aromatic carbocycles. The number of nitrogens with two attached hydrogens (primary N) is 2. The molecule has 2 rings (SSSR count). The summed E-state index contributed by atoms with van der Waals surface area (Å²) in [6, 6.07) is 8.91. The number of nitrogens with zero attached hydrogens (tertiary/aromatic N) is 2. The van der Waals surface area contributed by atoms with Crippen LogP contribution in [0.2, 0.25) is 0 Å². The first-order chi connectivity index (χ1) is 15.5. The summed E-state index contributed by atoms with van der Waals surface area (Å²) in [5, 5.41) is 0. The van der Waals surface area contributed by atoms with E-state index in [0.717, 1.165) is 4.90 Å². The highest BCUT2D eigenvalue weighted by molar-refractivity contribution is 7.91. The third kappa shape index (κ3) is 7.45. The molecule has 0 aliphatic carbocycles. The molecule has 0 unspecified atom stereocenters. The Morgan fingerprint density at radius 1 is 1.27 bits per heavy atom. The normalized spacial score (nSPS) is 11.9. The maximum Gasteiger partial charge on any atom is 0.274 e. The first kappa shape index (κ1) is 25.6. The second-order valence-electron chi connectivity index (χ2n) is 7.43. The van der Waals surface area contributed by atoms with Gasteiger partial charge < -0.3 is 26.1 Å². The molecule has 0 aliphatic rings. The van der Waals surface area contributed by atoms with Crippen LogP contribution in [-0.4, -0.2) is 44.1 Å². The van der Waals surface area contributed by atoms with Gasteiger partial charge in [0.05, 0.1) is 17.5 Å². The smallest absolute Gasteiger partial charge is 0.274 e. The number of aliphatic imine (C=N–C) groups is 1. The number of aldehydes is 1. The van der Waals surface area contributed by atoms with E-state index in [1.165, 1.54) is 13.0 Å². The van der Waals surface area contributed by atoms with E-state index in [2.05, 4.69) is 14.7 Å². The topological polar surface area (TPSA) is 181 Å². The van der Waals surface area contributed by atoms with E-state index in [-0.39, 0.29) is 36.1 Å². The number of hydrogen-bond donors (Lipinski definition) is 4. The standard InChI is InChI=1S/C21H28N6O5S/c1-14-11-18(27(15(2)29)17(12-28)9-6-10-24-21(22)23)19(20(30)25-14)26-33(31,32)13-16-7-4-3-5-8-16/h3-5,7-8,11-12,17,26H,6,9-10,13H2,1-2H3,(H,25,30)(H4,22,23,24)/t17-/m0/s1. The zero-order valence-corrected chi connectivity index (χ0v) is 19.3. The average molecular weight is 477 g/mol. The van der Waals surface area contributed by atoms with Crippen LogP contribution < -0.4 is 26.6 Å². The number of carbonyl (C=O) groups is 2. The van der Waals surface area contributed by atoms with Crippen molar-refractivity contribution in [3.63, 3.8) is 0 Å². The van der Waals surface area contributed by atoms with Crippen LogP contribution >= 0.6 is 0 Å². The molecule has 11 nitrogen and oxygen atoms in total. The van der Waals surface area contributed by atoms with Crippen LogP contribution in [0.3, 0.4) is 0 Å². The van der Waals surface area contributed by atoms with Crippen molar-refractivity contribution in [3.05, 3.63) is 58.0 Å². The molecule has 178 valence electrons.